The summed E-state index contributed by atoms with van der Waals surface area (Å²) < 4.78 is 11.0. The van der Waals surface area contributed by atoms with Crippen molar-refractivity contribution < 1.29 is 14.6 Å². The molecule has 0 spiro atoms. The summed E-state index contributed by atoms with van der Waals surface area (Å²) in [6.45, 7) is 4.50. The molecule has 1 atom stereocenters. The number of ether oxygens (including phenoxy) is 2. The van der Waals surface area contributed by atoms with E-state index in [4.69, 9.17) is 9.47 Å². The van der Waals surface area contributed by atoms with Crippen molar-refractivity contribution >= 4 is 0 Å². The highest BCUT2D eigenvalue weighted by Gasteiger charge is 2.28. The van der Waals surface area contributed by atoms with E-state index in [0.29, 0.717) is 26.3 Å². The Kier molecular flexibility index (Phi) is 4.75. The molecule has 21 heavy (non-hydrogen) atoms. The van der Waals surface area contributed by atoms with Crippen molar-refractivity contribution in [3.05, 3.63) is 29.3 Å². The van der Waals surface area contributed by atoms with Crippen molar-refractivity contribution in [2.75, 3.05) is 39.5 Å². The first-order valence-corrected chi connectivity index (χ1v) is 7.71. The first-order valence-electron chi connectivity index (χ1n) is 7.71. The van der Waals surface area contributed by atoms with Crippen LogP contribution in [0, 0.1) is 0 Å². The van der Waals surface area contributed by atoms with E-state index in [9.17, 15) is 5.11 Å². The summed E-state index contributed by atoms with van der Waals surface area (Å²) >= 11 is 0. The number of β-amino-alcohol motifs (C(OH)–C–C–N with tert-alkyl or cyclic N) is 1. The molecule has 0 saturated carbocycles. The number of hydrogen-bond acceptors (Lipinski definition) is 5. The van der Waals surface area contributed by atoms with E-state index in [0.717, 1.165) is 38.3 Å². The fraction of sp³-hybridized carbons (Fsp3) is 0.625. The maximum Gasteiger partial charge on any atom is 0.122 e. The Morgan fingerprint density at radius 1 is 1.33 bits per heavy atom. The van der Waals surface area contributed by atoms with Crippen LogP contribution in [0.2, 0.25) is 0 Å². The quantitative estimate of drug-likeness (QED) is 0.752. The molecule has 2 aliphatic heterocycles. The van der Waals surface area contributed by atoms with Crippen molar-refractivity contribution in [2.24, 2.45) is 0 Å². The molecule has 0 aliphatic carbocycles. The van der Waals surface area contributed by atoms with Gasteiger partial charge in [-0.25, -0.2) is 0 Å². The summed E-state index contributed by atoms with van der Waals surface area (Å²) in [6, 6.07) is 6.34. The van der Waals surface area contributed by atoms with Gasteiger partial charge in [-0.3, -0.25) is 0 Å². The predicted octanol–water partition coefficient (Wildman–Crippen LogP) is 0.452. The van der Waals surface area contributed by atoms with Crippen LogP contribution in [0.1, 0.15) is 17.5 Å². The number of hydrogen-bond donors (Lipinski definition) is 3. The van der Waals surface area contributed by atoms with Crippen LogP contribution in [0.4, 0.5) is 0 Å². The van der Waals surface area contributed by atoms with Gasteiger partial charge in [-0.2, -0.15) is 0 Å². The average molecular weight is 292 g/mol. The second-order valence-corrected chi connectivity index (χ2v) is 5.95. The van der Waals surface area contributed by atoms with Crippen molar-refractivity contribution in [1.29, 1.82) is 0 Å². The minimum Gasteiger partial charge on any atom is -0.493 e. The number of benzene rings is 1. The zero-order chi connectivity index (χ0) is 14.5. The Hall–Kier alpha value is -1.14. The zero-order valence-corrected chi connectivity index (χ0v) is 12.4. The SMILES string of the molecule is O[C@@]1(CNCc2ccc3c(c2)CCCO3)CNCCOC1. The first kappa shape index (κ1) is 14.8. The van der Waals surface area contributed by atoms with Crippen LogP contribution < -0.4 is 15.4 Å². The van der Waals surface area contributed by atoms with Gasteiger partial charge in [0, 0.05) is 26.2 Å². The van der Waals surface area contributed by atoms with Crippen LogP contribution in [0.15, 0.2) is 18.2 Å². The third kappa shape index (κ3) is 3.95. The molecule has 0 bridgehead atoms. The molecule has 1 aromatic carbocycles. The zero-order valence-electron chi connectivity index (χ0n) is 12.4. The smallest absolute Gasteiger partial charge is 0.122 e. The molecule has 1 fully saturated rings. The van der Waals surface area contributed by atoms with E-state index in [1.54, 1.807) is 0 Å². The number of fused-ring (bicyclic) bond motifs is 1. The van der Waals surface area contributed by atoms with Gasteiger partial charge in [0.25, 0.3) is 0 Å². The van der Waals surface area contributed by atoms with E-state index < -0.39 is 5.60 Å². The second kappa shape index (κ2) is 6.75. The van der Waals surface area contributed by atoms with E-state index >= 15 is 0 Å². The first-order chi connectivity index (χ1) is 10.3. The van der Waals surface area contributed by atoms with Crippen LogP contribution in [0.25, 0.3) is 0 Å². The number of aliphatic hydroxyl groups is 1. The Morgan fingerprint density at radius 2 is 2.29 bits per heavy atom. The monoisotopic (exact) mass is 292 g/mol. The van der Waals surface area contributed by atoms with E-state index in [2.05, 4.69) is 28.8 Å². The maximum absolute atomic E-state index is 10.5. The lowest BCUT2D eigenvalue weighted by Gasteiger charge is -2.26. The summed E-state index contributed by atoms with van der Waals surface area (Å²) in [5.74, 6) is 1.02. The lowest BCUT2D eigenvalue weighted by molar-refractivity contribution is -0.0264. The number of aryl methyl sites for hydroxylation is 1. The molecule has 116 valence electrons. The standard InChI is InChI=1S/C16H24N2O3/c19-16(10-17-5-7-20-12-16)11-18-9-13-3-4-15-14(8-13)2-1-6-21-15/h3-4,8,17-19H,1-2,5-7,9-12H2/t16-/m1/s1. The van der Waals surface area contributed by atoms with E-state index in [1.807, 2.05) is 0 Å². The predicted molar refractivity (Wildman–Crippen MR) is 80.6 cm³/mol. The van der Waals surface area contributed by atoms with Crippen LogP contribution in [0.5, 0.6) is 5.75 Å². The molecular formula is C16H24N2O3. The van der Waals surface area contributed by atoms with Gasteiger partial charge in [0.1, 0.15) is 11.4 Å². The highest BCUT2D eigenvalue weighted by molar-refractivity contribution is 5.38. The van der Waals surface area contributed by atoms with Gasteiger partial charge in [-0.15, -0.1) is 0 Å². The number of nitrogens with one attached hydrogen (secondary N) is 2. The molecule has 0 aromatic heterocycles. The summed E-state index contributed by atoms with van der Waals surface area (Å²) in [4.78, 5) is 0. The third-order valence-corrected chi connectivity index (χ3v) is 4.00. The van der Waals surface area contributed by atoms with E-state index in [1.165, 1.54) is 11.1 Å². The third-order valence-electron chi connectivity index (χ3n) is 4.00. The Labute approximate surface area is 125 Å². The molecule has 0 amide bonds. The molecule has 5 nitrogen and oxygen atoms in total. The van der Waals surface area contributed by atoms with Gasteiger partial charge in [-0.1, -0.05) is 12.1 Å². The minimum absolute atomic E-state index is 0.380. The fourth-order valence-corrected chi connectivity index (χ4v) is 2.86. The number of rotatable bonds is 4. The van der Waals surface area contributed by atoms with Gasteiger partial charge in [-0.05, 0) is 30.0 Å². The lowest BCUT2D eigenvalue weighted by Crippen LogP contribution is -2.50. The van der Waals surface area contributed by atoms with Crippen LogP contribution >= 0.6 is 0 Å². The minimum atomic E-state index is -0.826. The molecule has 2 aliphatic rings. The summed E-state index contributed by atoms with van der Waals surface area (Å²) in [6.07, 6.45) is 2.18. The van der Waals surface area contributed by atoms with Crippen molar-refractivity contribution in [2.45, 2.75) is 25.0 Å². The molecule has 5 heteroatoms. The molecule has 1 aromatic rings. The van der Waals surface area contributed by atoms with E-state index in [-0.39, 0.29) is 0 Å². The highest BCUT2D eigenvalue weighted by Crippen LogP contribution is 2.25. The normalized spacial score (nSPS) is 25.8. The van der Waals surface area contributed by atoms with Gasteiger partial charge in [0.2, 0.25) is 0 Å². The topological polar surface area (TPSA) is 62.8 Å². The van der Waals surface area contributed by atoms with Crippen molar-refractivity contribution in [3.8, 4) is 5.75 Å². The second-order valence-electron chi connectivity index (χ2n) is 5.95. The van der Waals surface area contributed by atoms with Gasteiger partial charge in [0.15, 0.2) is 0 Å². The van der Waals surface area contributed by atoms with Gasteiger partial charge in [0.05, 0.1) is 19.8 Å². The largest absolute Gasteiger partial charge is 0.493 e. The summed E-state index contributed by atoms with van der Waals surface area (Å²) in [5, 5.41) is 17.0. The molecule has 3 N–H and O–H groups in total. The summed E-state index contributed by atoms with van der Waals surface area (Å²) in [7, 11) is 0. The van der Waals surface area contributed by atoms with Gasteiger partial charge >= 0.3 is 0 Å². The lowest BCUT2D eigenvalue weighted by atomic mass is 10.0. The Morgan fingerprint density at radius 3 is 3.24 bits per heavy atom. The van der Waals surface area contributed by atoms with Crippen LogP contribution in [0.3, 0.4) is 0 Å². The molecule has 0 unspecified atom stereocenters. The maximum atomic E-state index is 10.5. The average Bonchev–Trinajstić information content (AvgIpc) is 2.72. The molecule has 3 rings (SSSR count). The van der Waals surface area contributed by atoms with Crippen molar-refractivity contribution in [3.63, 3.8) is 0 Å². The van der Waals surface area contributed by atoms with Crippen LogP contribution in [-0.2, 0) is 17.7 Å². The van der Waals surface area contributed by atoms with Crippen molar-refractivity contribution in [1.82, 2.24) is 10.6 Å². The fourth-order valence-electron chi connectivity index (χ4n) is 2.86. The molecule has 2 heterocycles. The molecule has 0 radical (unpaired) electrons. The van der Waals surface area contributed by atoms with Gasteiger partial charge < -0.3 is 25.2 Å². The Bertz CT molecular complexity index is 471. The summed E-state index contributed by atoms with van der Waals surface area (Å²) in [5.41, 5.74) is 1.69. The Balaban J connectivity index is 1.53. The van der Waals surface area contributed by atoms with Crippen LogP contribution in [-0.4, -0.2) is 50.2 Å². The molecule has 1 saturated heterocycles. The highest BCUT2D eigenvalue weighted by atomic mass is 16.5. The molecular weight excluding hydrogens is 268 g/mol.